The highest BCUT2D eigenvalue weighted by Gasteiger charge is 2.29. The third kappa shape index (κ3) is 3.57. The molecule has 0 spiro atoms. The molecule has 30 heavy (non-hydrogen) atoms. The molecule has 0 amide bonds. The summed E-state index contributed by atoms with van der Waals surface area (Å²) in [7, 11) is 0. The van der Waals surface area contributed by atoms with Gasteiger partial charge in [-0.15, -0.1) is 10.2 Å². The summed E-state index contributed by atoms with van der Waals surface area (Å²) in [6.07, 6.45) is 5.06. The molecule has 1 aromatic carbocycles. The van der Waals surface area contributed by atoms with E-state index in [2.05, 4.69) is 48.7 Å². The van der Waals surface area contributed by atoms with Crippen LogP contribution in [0.25, 0.3) is 11.3 Å². The van der Waals surface area contributed by atoms with E-state index in [1.54, 1.807) is 18.6 Å². The number of allylic oxidation sites excluding steroid dienone is 1. The van der Waals surface area contributed by atoms with Crippen molar-refractivity contribution in [2.24, 2.45) is 10.7 Å². The molecule has 0 unspecified atom stereocenters. The van der Waals surface area contributed by atoms with E-state index in [9.17, 15) is 0 Å². The average molecular weight is 422 g/mol. The minimum absolute atomic E-state index is 0.144. The SMILES string of the molecule is CCN=CC(=CN)c1ccc2c(c1)N(c1ccc(Cl)cn1)C[C@@H](C)c1nnc(C)n1-2. The van der Waals surface area contributed by atoms with Gasteiger partial charge in [0.15, 0.2) is 0 Å². The Kier molecular flexibility index (Phi) is 5.55. The van der Waals surface area contributed by atoms with Crippen LogP contribution in [-0.2, 0) is 0 Å². The Morgan fingerprint density at radius 2 is 2.10 bits per heavy atom. The maximum absolute atomic E-state index is 6.08. The van der Waals surface area contributed by atoms with Crippen LogP contribution in [0, 0.1) is 6.92 Å². The van der Waals surface area contributed by atoms with Crippen LogP contribution >= 0.6 is 11.6 Å². The number of benzene rings is 1. The van der Waals surface area contributed by atoms with Gasteiger partial charge < -0.3 is 10.6 Å². The molecule has 2 aromatic heterocycles. The lowest BCUT2D eigenvalue weighted by Gasteiger charge is -2.26. The standard InChI is InChI=1S/C22H24ClN7/c1-4-25-11-17(10-24)16-5-7-19-20(9-16)29(21-8-6-18(23)12-26-21)13-14(2)22-28-27-15(3)30(19)22/h5-12,14H,4,13,24H2,1-3H3/t14-/m1/s1. The summed E-state index contributed by atoms with van der Waals surface area (Å²) >= 11 is 6.08. The molecule has 7 nitrogen and oxygen atoms in total. The molecule has 0 aliphatic carbocycles. The van der Waals surface area contributed by atoms with E-state index in [1.165, 1.54) is 0 Å². The molecule has 0 radical (unpaired) electrons. The molecular formula is C22H24ClN7. The largest absolute Gasteiger partial charge is 0.404 e. The number of hydrogen-bond acceptors (Lipinski definition) is 6. The molecule has 0 saturated carbocycles. The van der Waals surface area contributed by atoms with Gasteiger partial charge in [-0.1, -0.05) is 24.6 Å². The Morgan fingerprint density at radius 1 is 1.27 bits per heavy atom. The molecule has 1 aliphatic rings. The minimum Gasteiger partial charge on any atom is -0.404 e. The molecule has 0 fully saturated rings. The van der Waals surface area contributed by atoms with Gasteiger partial charge in [0.05, 0.1) is 16.4 Å². The second-order valence-electron chi connectivity index (χ2n) is 7.24. The molecular weight excluding hydrogens is 398 g/mol. The number of aliphatic imine (C=N–C) groups is 1. The van der Waals surface area contributed by atoms with Crippen molar-refractivity contribution in [3.05, 3.63) is 65.0 Å². The van der Waals surface area contributed by atoms with Crippen molar-refractivity contribution in [2.45, 2.75) is 26.7 Å². The van der Waals surface area contributed by atoms with E-state index in [0.29, 0.717) is 18.1 Å². The molecule has 0 saturated heterocycles. The molecule has 4 rings (SSSR count). The molecule has 1 atom stereocenters. The van der Waals surface area contributed by atoms with Crippen molar-refractivity contribution in [3.63, 3.8) is 0 Å². The third-order valence-electron chi connectivity index (χ3n) is 5.17. The van der Waals surface area contributed by atoms with E-state index in [1.807, 2.05) is 32.0 Å². The minimum atomic E-state index is 0.144. The van der Waals surface area contributed by atoms with Crippen LogP contribution in [0.15, 0.2) is 47.7 Å². The maximum Gasteiger partial charge on any atom is 0.142 e. The van der Waals surface area contributed by atoms with Crippen LogP contribution in [0.1, 0.15) is 37.0 Å². The number of pyridine rings is 1. The van der Waals surface area contributed by atoms with Gasteiger partial charge in [-0.25, -0.2) is 4.98 Å². The number of aromatic nitrogens is 4. The zero-order chi connectivity index (χ0) is 21.3. The van der Waals surface area contributed by atoms with Crippen molar-refractivity contribution >= 4 is 34.9 Å². The first-order valence-corrected chi connectivity index (χ1v) is 10.3. The number of fused-ring (bicyclic) bond motifs is 3. The average Bonchev–Trinajstić information content (AvgIpc) is 3.09. The lowest BCUT2D eigenvalue weighted by molar-refractivity contribution is 0.693. The van der Waals surface area contributed by atoms with Crippen LogP contribution < -0.4 is 10.6 Å². The fourth-order valence-electron chi connectivity index (χ4n) is 3.71. The van der Waals surface area contributed by atoms with E-state index in [4.69, 9.17) is 17.3 Å². The van der Waals surface area contributed by atoms with Crippen LogP contribution in [0.3, 0.4) is 0 Å². The summed E-state index contributed by atoms with van der Waals surface area (Å²) in [5.74, 6) is 2.74. The monoisotopic (exact) mass is 421 g/mol. The predicted molar refractivity (Wildman–Crippen MR) is 122 cm³/mol. The topological polar surface area (TPSA) is 85.2 Å². The highest BCUT2D eigenvalue weighted by molar-refractivity contribution is 6.30. The van der Waals surface area contributed by atoms with Gasteiger partial charge in [-0.2, -0.15) is 0 Å². The van der Waals surface area contributed by atoms with E-state index >= 15 is 0 Å². The molecule has 3 aromatic rings. The Bertz CT molecular complexity index is 1120. The van der Waals surface area contributed by atoms with Gasteiger partial charge in [-0.05, 0) is 43.7 Å². The quantitative estimate of drug-likeness (QED) is 0.636. The zero-order valence-electron chi connectivity index (χ0n) is 17.2. The fourth-order valence-corrected chi connectivity index (χ4v) is 3.82. The number of rotatable bonds is 4. The fraction of sp³-hybridized carbons (Fsp3) is 0.273. The van der Waals surface area contributed by atoms with Crippen molar-refractivity contribution in [1.29, 1.82) is 0 Å². The molecule has 3 heterocycles. The van der Waals surface area contributed by atoms with Crippen LogP contribution in [0.2, 0.25) is 5.02 Å². The summed E-state index contributed by atoms with van der Waals surface area (Å²) in [5, 5.41) is 9.37. The lowest BCUT2D eigenvalue weighted by atomic mass is 10.0. The lowest BCUT2D eigenvalue weighted by Crippen LogP contribution is -2.23. The number of nitrogens with zero attached hydrogens (tertiary/aromatic N) is 6. The third-order valence-corrected chi connectivity index (χ3v) is 5.39. The van der Waals surface area contributed by atoms with Crippen LogP contribution in [-0.4, -0.2) is 39.1 Å². The van der Waals surface area contributed by atoms with Gasteiger partial charge >= 0.3 is 0 Å². The van der Waals surface area contributed by atoms with Gasteiger partial charge in [0.25, 0.3) is 0 Å². The number of nitrogens with two attached hydrogens (primary N) is 1. The molecule has 154 valence electrons. The summed E-state index contributed by atoms with van der Waals surface area (Å²) in [6.45, 7) is 7.51. The van der Waals surface area contributed by atoms with Crippen LogP contribution in [0.4, 0.5) is 11.5 Å². The van der Waals surface area contributed by atoms with Crippen molar-refractivity contribution in [1.82, 2.24) is 19.7 Å². The van der Waals surface area contributed by atoms with E-state index in [0.717, 1.165) is 40.0 Å². The first kappa shape index (κ1) is 20.1. The van der Waals surface area contributed by atoms with E-state index < -0.39 is 0 Å². The van der Waals surface area contributed by atoms with Gasteiger partial charge in [0, 0.05) is 43.2 Å². The summed E-state index contributed by atoms with van der Waals surface area (Å²) in [5.41, 5.74) is 9.75. The Morgan fingerprint density at radius 3 is 2.80 bits per heavy atom. The highest BCUT2D eigenvalue weighted by atomic mass is 35.5. The summed E-state index contributed by atoms with van der Waals surface area (Å²) < 4.78 is 2.12. The number of halogens is 1. The highest BCUT2D eigenvalue weighted by Crippen LogP contribution is 2.38. The van der Waals surface area contributed by atoms with E-state index in [-0.39, 0.29) is 5.92 Å². The summed E-state index contributed by atoms with van der Waals surface area (Å²) in [6, 6.07) is 10.0. The first-order valence-electron chi connectivity index (χ1n) is 9.91. The molecule has 0 bridgehead atoms. The maximum atomic E-state index is 6.08. The van der Waals surface area contributed by atoms with Gasteiger partial charge in [-0.3, -0.25) is 9.56 Å². The predicted octanol–water partition coefficient (Wildman–Crippen LogP) is 4.27. The van der Waals surface area contributed by atoms with Crippen molar-refractivity contribution < 1.29 is 0 Å². The zero-order valence-corrected chi connectivity index (χ0v) is 18.0. The molecule has 1 aliphatic heterocycles. The number of hydrogen-bond donors (Lipinski definition) is 1. The van der Waals surface area contributed by atoms with Gasteiger partial charge in [0.1, 0.15) is 17.5 Å². The Hall–Kier alpha value is -3.19. The molecule has 2 N–H and O–H groups in total. The second-order valence-corrected chi connectivity index (χ2v) is 7.68. The van der Waals surface area contributed by atoms with Crippen LogP contribution in [0.5, 0.6) is 0 Å². The van der Waals surface area contributed by atoms with Crippen molar-refractivity contribution in [3.8, 4) is 5.69 Å². The van der Waals surface area contributed by atoms with Gasteiger partial charge in [0.2, 0.25) is 0 Å². The Balaban J connectivity index is 1.93. The van der Waals surface area contributed by atoms with Crippen molar-refractivity contribution in [2.75, 3.05) is 18.0 Å². The second kappa shape index (κ2) is 8.28. The summed E-state index contributed by atoms with van der Waals surface area (Å²) in [4.78, 5) is 11.1. The smallest absolute Gasteiger partial charge is 0.142 e. The normalized spacial score (nSPS) is 16.5. The first-order chi connectivity index (χ1) is 14.5. The Labute approximate surface area is 180 Å². The number of aryl methyl sites for hydroxylation is 1. The molecule has 8 heteroatoms. The number of anilines is 2.